The second kappa shape index (κ2) is 1.27. The van der Waals surface area contributed by atoms with Gasteiger partial charge in [-0.1, -0.05) is 13.8 Å². The molecule has 1 saturated heterocycles. The quantitative estimate of drug-likeness (QED) is 0.489. The first kappa shape index (κ1) is 4.80. The zero-order valence-corrected chi connectivity index (χ0v) is 5.52. The maximum Gasteiger partial charge on any atom is 0.0130 e. The average Bonchev–Trinajstić information content (AvgIpc) is 2.13. The Morgan fingerprint density at radius 2 is 2.12 bits per heavy atom. The van der Waals surface area contributed by atoms with Gasteiger partial charge in [-0.05, 0) is 24.3 Å². The summed E-state index contributed by atoms with van der Waals surface area (Å²) in [5, 5.41) is 3.49. The third kappa shape index (κ3) is 0.408. The summed E-state index contributed by atoms with van der Waals surface area (Å²) in [6.07, 6.45) is 0. The fourth-order valence-corrected chi connectivity index (χ4v) is 2.15. The van der Waals surface area contributed by atoms with E-state index in [2.05, 4.69) is 19.2 Å². The molecule has 2 aliphatic rings. The van der Waals surface area contributed by atoms with E-state index in [0.717, 1.165) is 23.8 Å². The van der Waals surface area contributed by atoms with Crippen LogP contribution in [0.1, 0.15) is 13.8 Å². The minimum Gasteiger partial charge on any atom is -0.313 e. The molecule has 2 fully saturated rings. The van der Waals surface area contributed by atoms with Crippen molar-refractivity contribution in [2.75, 3.05) is 6.54 Å². The summed E-state index contributed by atoms with van der Waals surface area (Å²) >= 11 is 0. The van der Waals surface area contributed by atoms with Gasteiger partial charge in [0.1, 0.15) is 0 Å². The topological polar surface area (TPSA) is 12.0 Å². The van der Waals surface area contributed by atoms with Gasteiger partial charge in [0.25, 0.3) is 0 Å². The van der Waals surface area contributed by atoms with E-state index in [1.807, 2.05) is 0 Å². The molecule has 1 aliphatic heterocycles. The highest BCUT2D eigenvalue weighted by atomic mass is 15.0. The Morgan fingerprint density at radius 1 is 1.38 bits per heavy atom. The highest BCUT2D eigenvalue weighted by Gasteiger charge is 2.53. The summed E-state index contributed by atoms with van der Waals surface area (Å²) in [6.45, 7) is 5.96. The van der Waals surface area contributed by atoms with Crippen LogP contribution in [-0.4, -0.2) is 12.6 Å². The Kier molecular flexibility index (Phi) is 0.762. The second-order valence-electron chi connectivity index (χ2n) is 3.35. The molecule has 4 unspecified atom stereocenters. The van der Waals surface area contributed by atoms with E-state index in [1.165, 1.54) is 6.54 Å². The highest BCUT2D eigenvalue weighted by molar-refractivity contribution is 5.07. The SMILES string of the molecule is CC1CNC2C(C)C12. The molecule has 1 aliphatic carbocycles. The molecule has 0 aromatic rings. The molecule has 0 radical (unpaired) electrons. The van der Waals surface area contributed by atoms with Crippen molar-refractivity contribution in [1.82, 2.24) is 5.32 Å². The van der Waals surface area contributed by atoms with E-state index >= 15 is 0 Å². The molecule has 0 bridgehead atoms. The number of fused-ring (bicyclic) bond motifs is 1. The number of piperidine rings is 1. The van der Waals surface area contributed by atoms with Gasteiger partial charge >= 0.3 is 0 Å². The van der Waals surface area contributed by atoms with Crippen LogP contribution in [-0.2, 0) is 0 Å². The number of hydrogen-bond acceptors (Lipinski definition) is 1. The molecule has 1 nitrogen and oxygen atoms in total. The van der Waals surface area contributed by atoms with Crippen LogP contribution in [0, 0.1) is 17.8 Å². The van der Waals surface area contributed by atoms with E-state index in [9.17, 15) is 0 Å². The summed E-state index contributed by atoms with van der Waals surface area (Å²) < 4.78 is 0. The standard InChI is InChI=1S/C7H13N/c1-4-3-8-7-5(2)6(4)7/h4-8H,3H2,1-2H3. The van der Waals surface area contributed by atoms with Crippen LogP contribution in [0.4, 0.5) is 0 Å². The maximum atomic E-state index is 3.49. The molecule has 0 aromatic heterocycles. The first-order valence-corrected chi connectivity index (χ1v) is 3.54. The van der Waals surface area contributed by atoms with Crippen molar-refractivity contribution in [2.45, 2.75) is 19.9 Å². The lowest BCUT2D eigenvalue weighted by molar-refractivity contribution is 0.501. The van der Waals surface area contributed by atoms with Crippen molar-refractivity contribution >= 4 is 0 Å². The average molecular weight is 111 g/mol. The van der Waals surface area contributed by atoms with Crippen molar-refractivity contribution in [1.29, 1.82) is 0 Å². The van der Waals surface area contributed by atoms with Gasteiger partial charge < -0.3 is 5.32 Å². The molecule has 4 atom stereocenters. The van der Waals surface area contributed by atoms with Gasteiger partial charge in [-0.25, -0.2) is 0 Å². The van der Waals surface area contributed by atoms with Crippen LogP contribution in [0.15, 0.2) is 0 Å². The molecule has 8 heavy (non-hydrogen) atoms. The zero-order chi connectivity index (χ0) is 5.72. The van der Waals surface area contributed by atoms with Crippen molar-refractivity contribution in [3.8, 4) is 0 Å². The first-order chi connectivity index (χ1) is 3.80. The van der Waals surface area contributed by atoms with Crippen molar-refractivity contribution < 1.29 is 0 Å². The lowest BCUT2D eigenvalue weighted by Gasteiger charge is -2.03. The van der Waals surface area contributed by atoms with Crippen LogP contribution in [0.3, 0.4) is 0 Å². The van der Waals surface area contributed by atoms with Crippen LogP contribution in [0.25, 0.3) is 0 Å². The predicted octanol–water partition coefficient (Wildman–Crippen LogP) is 0.860. The molecule has 1 heteroatoms. The predicted molar refractivity (Wildman–Crippen MR) is 33.6 cm³/mol. The van der Waals surface area contributed by atoms with Crippen LogP contribution >= 0.6 is 0 Å². The summed E-state index contributed by atoms with van der Waals surface area (Å²) in [4.78, 5) is 0. The van der Waals surface area contributed by atoms with Crippen LogP contribution in [0.5, 0.6) is 0 Å². The smallest absolute Gasteiger partial charge is 0.0130 e. The van der Waals surface area contributed by atoms with Crippen molar-refractivity contribution in [3.05, 3.63) is 0 Å². The van der Waals surface area contributed by atoms with Gasteiger partial charge in [0, 0.05) is 6.04 Å². The van der Waals surface area contributed by atoms with E-state index in [0.29, 0.717) is 0 Å². The molecule has 46 valence electrons. The van der Waals surface area contributed by atoms with Gasteiger partial charge in [-0.3, -0.25) is 0 Å². The molecule has 1 heterocycles. The molecule has 0 spiro atoms. The second-order valence-corrected chi connectivity index (χ2v) is 3.35. The Hall–Kier alpha value is -0.0400. The van der Waals surface area contributed by atoms with E-state index in [-0.39, 0.29) is 0 Å². The monoisotopic (exact) mass is 111 g/mol. The van der Waals surface area contributed by atoms with Gasteiger partial charge in [0.15, 0.2) is 0 Å². The van der Waals surface area contributed by atoms with Gasteiger partial charge in [0.05, 0.1) is 0 Å². The highest BCUT2D eigenvalue weighted by Crippen LogP contribution is 2.47. The van der Waals surface area contributed by atoms with Gasteiger partial charge in [0.2, 0.25) is 0 Å². The van der Waals surface area contributed by atoms with Gasteiger partial charge in [-0.2, -0.15) is 0 Å². The summed E-state index contributed by atoms with van der Waals surface area (Å²) in [6, 6.07) is 0.907. The molecule has 1 N–H and O–H groups in total. The van der Waals surface area contributed by atoms with E-state index < -0.39 is 0 Å². The normalized spacial score (nSPS) is 60.8. The van der Waals surface area contributed by atoms with Gasteiger partial charge in [-0.15, -0.1) is 0 Å². The number of hydrogen-bond donors (Lipinski definition) is 1. The Bertz CT molecular complexity index is 109. The third-order valence-corrected chi connectivity index (χ3v) is 2.78. The minimum atomic E-state index is 0.907. The Balaban J connectivity index is 2.07. The van der Waals surface area contributed by atoms with Crippen molar-refractivity contribution in [3.63, 3.8) is 0 Å². The molecular formula is C7H13N. The molecule has 0 aromatic carbocycles. The van der Waals surface area contributed by atoms with Crippen LogP contribution in [0.2, 0.25) is 0 Å². The van der Waals surface area contributed by atoms with E-state index in [1.54, 1.807) is 0 Å². The Morgan fingerprint density at radius 3 is 2.38 bits per heavy atom. The fraction of sp³-hybridized carbons (Fsp3) is 1.00. The third-order valence-electron chi connectivity index (χ3n) is 2.78. The number of rotatable bonds is 0. The minimum absolute atomic E-state index is 0.907. The van der Waals surface area contributed by atoms with E-state index in [4.69, 9.17) is 0 Å². The summed E-state index contributed by atoms with van der Waals surface area (Å²) in [5.74, 6) is 2.98. The molecule has 0 amide bonds. The van der Waals surface area contributed by atoms with Crippen LogP contribution < -0.4 is 5.32 Å². The fourth-order valence-electron chi connectivity index (χ4n) is 2.15. The zero-order valence-electron chi connectivity index (χ0n) is 5.52. The maximum absolute atomic E-state index is 3.49. The molecule has 2 rings (SSSR count). The lowest BCUT2D eigenvalue weighted by atomic mass is 10.1. The molecular weight excluding hydrogens is 98.1 g/mol. The largest absolute Gasteiger partial charge is 0.313 e. The Labute approximate surface area is 50.5 Å². The summed E-state index contributed by atoms with van der Waals surface area (Å²) in [5.41, 5.74) is 0. The first-order valence-electron chi connectivity index (χ1n) is 3.54. The number of nitrogens with one attached hydrogen (secondary N) is 1. The summed E-state index contributed by atoms with van der Waals surface area (Å²) in [7, 11) is 0. The van der Waals surface area contributed by atoms with Crippen molar-refractivity contribution in [2.24, 2.45) is 17.8 Å². The molecule has 1 saturated carbocycles. The lowest BCUT2D eigenvalue weighted by Crippen LogP contribution is -2.17.